The Hall–Kier alpha value is -1.67. The molecule has 3 heteroatoms. The van der Waals surface area contributed by atoms with Gasteiger partial charge in [0.05, 0.1) is 5.56 Å². The quantitative estimate of drug-likeness (QED) is 0.750. The first-order chi connectivity index (χ1) is 9.15. The molecule has 0 radical (unpaired) electrons. The highest BCUT2D eigenvalue weighted by Gasteiger charge is 2.17. The van der Waals surface area contributed by atoms with Crippen molar-refractivity contribution in [2.24, 2.45) is 0 Å². The summed E-state index contributed by atoms with van der Waals surface area (Å²) in [6, 6.07) is 9.67. The van der Waals surface area contributed by atoms with Crippen LogP contribution in [0.3, 0.4) is 0 Å². The van der Waals surface area contributed by atoms with Gasteiger partial charge in [-0.1, -0.05) is 23.7 Å². The van der Waals surface area contributed by atoms with Crippen molar-refractivity contribution in [1.29, 1.82) is 0 Å². The monoisotopic (exact) mass is 274 g/mol. The molecular weight excluding hydrogens is 263 g/mol. The third-order valence-corrected chi connectivity index (χ3v) is 3.77. The molecule has 0 aliphatic heterocycles. The van der Waals surface area contributed by atoms with Crippen LogP contribution in [0.2, 0.25) is 5.02 Å². The number of carbonyl (C=O) groups is 1. The van der Waals surface area contributed by atoms with Gasteiger partial charge in [-0.25, -0.2) is 4.39 Å². The Kier molecular flexibility index (Phi) is 3.11. The van der Waals surface area contributed by atoms with Crippen molar-refractivity contribution >= 4 is 17.4 Å². The molecule has 0 amide bonds. The van der Waals surface area contributed by atoms with E-state index in [2.05, 4.69) is 0 Å². The van der Waals surface area contributed by atoms with Gasteiger partial charge in [-0.05, 0) is 54.7 Å². The van der Waals surface area contributed by atoms with Crippen molar-refractivity contribution in [2.45, 2.75) is 19.3 Å². The van der Waals surface area contributed by atoms with E-state index in [1.807, 2.05) is 12.1 Å². The molecule has 96 valence electrons. The highest BCUT2D eigenvalue weighted by molar-refractivity contribution is 6.31. The predicted octanol–water partition coefficient (Wildman–Crippen LogP) is 4.20. The maximum atomic E-state index is 13.7. The van der Waals surface area contributed by atoms with Gasteiger partial charge < -0.3 is 0 Å². The average Bonchev–Trinajstić information content (AvgIpc) is 2.88. The van der Waals surface area contributed by atoms with Crippen LogP contribution in [0, 0.1) is 5.82 Å². The molecular formula is C16H12ClFO. The van der Waals surface area contributed by atoms with Gasteiger partial charge in [-0.2, -0.15) is 0 Å². The van der Waals surface area contributed by atoms with Crippen molar-refractivity contribution < 1.29 is 9.18 Å². The van der Waals surface area contributed by atoms with Crippen molar-refractivity contribution in [3.05, 3.63) is 69.5 Å². The van der Waals surface area contributed by atoms with Crippen LogP contribution in [0.1, 0.15) is 33.5 Å². The molecule has 0 fully saturated rings. The van der Waals surface area contributed by atoms with Crippen LogP contribution in [0.4, 0.5) is 4.39 Å². The molecule has 0 bridgehead atoms. The first-order valence-electron chi connectivity index (χ1n) is 6.27. The van der Waals surface area contributed by atoms with Gasteiger partial charge in [0.1, 0.15) is 5.82 Å². The fourth-order valence-corrected chi connectivity index (χ4v) is 2.71. The van der Waals surface area contributed by atoms with Crippen molar-refractivity contribution in [2.75, 3.05) is 0 Å². The summed E-state index contributed by atoms with van der Waals surface area (Å²) in [6.07, 6.45) is 3.18. The second-order valence-corrected chi connectivity index (χ2v) is 5.23. The molecule has 0 heterocycles. The third kappa shape index (κ3) is 2.28. The maximum absolute atomic E-state index is 13.7. The van der Waals surface area contributed by atoms with Crippen molar-refractivity contribution in [3.63, 3.8) is 0 Å². The molecule has 0 spiro atoms. The zero-order valence-electron chi connectivity index (χ0n) is 10.2. The van der Waals surface area contributed by atoms with Gasteiger partial charge in [-0.3, -0.25) is 4.79 Å². The van der Waals surface area contributed by atoms with Gasteiger partial charge in [0.2, 0.25) is 0 Å². The van der Waals surface area contributed by atoms with E-state index in [0.29, 0.717) is 10.6 Å². The molecule has 3 rings (SSSR count). The average molecular weight is 275 g/mol. The van der Waals surface area contributed by atoms with E-state index in [1.165, 1.54) is 29.3 Å². The van der Waals surface area contributed by atoms with E-state index in [-0.39, 0.29) is 11.3 Å². The smallest absolute Gasteiger partial charge is 0.196 e. The van der Waals surface area contributed by atoms with Gasteiger partial charge in [0.25, 0.3) is 0 Å². The highest BCUT2D eigenvalue weighted by Crippen LogP contribution is 2.25. The van der Waals surface area contributed by atoms with Crippen molar-refractivity contribution in [3.8, 4) is 0 Å². The molecule has 2 aromatic carbocycles. The number of benzene rings is 2. The number of hydrogen-bond acceptors (Lipinski definition) is 1. The third-order valence-electron chi connectivity index (χ3n) is 3.53. The fourth-order valence-electron chi connectivity index (χ4n) is 2.54. The second-order valence-electron chi connectivity index (χ2n) is 4.79. The standard InChI is InChI=1S/C16H12ClFO/c17-13-6-7-15(18)14(9-13)16(19)12-5-4-10-2-1-3-11(10)8-12/h4-9H,1-3H2. The molecule has 19 heavy (non-hydrogen) atoms. The van der Waals surface area contributed by atoms with Gasteiger partial charge in [0, 0.05) is 10.6 Å². The predicted molar refractivity (Wildman–Crippen MR) is 73.3 cm³/mol. The Morgan fingerprint density at radius 2 is 1.84 bits per heavy atom. The number of carbonyl (C=O) groups excluding carboxylic acids is 1. The summed E-state index contributed by atoms with van der Waals surface area (Å²) in [5.41, 5.74) is 3.06. The van der Waals surface area contributed by atoms with Crippen LogP contribution in [0.5, 0.6) is 0 Å². The lowest BCUT2D eigenvalue weighted by atomic mass is 9.99. The largest absolute Gasteiger partial charge is 0.288 e. The van der Waals surface area contributed by atoms with E-state index in [9.17, 15) is 9.18 Å². The SMILES string of the molecule is O=C(c1ccc2c(c1)CCC2)c1cc(Cl)ccc1F. The summed E-state index contributed by atoms with van der Waals surface area (Å²) in [5.74, 6) is -0.843. The maximum Gasteiger partial charge on any atom is 0.196 e. The Balaban J connectivity index is 2.02. The molecule has 2 aromatic rings. The van der Waals surface area contributed by atoms with Crippen LogP contribution in [-0.2, 0) is 12.8 Å². The molecule has 0 saturated carbocycles. The van der Waals surface area contributed by atoms with Crippen LogP contribution in [0.15, 0.2) is 36.4 Å². The van der Waals surface area contributed by atoms with E-state index in [0.717, 1.165) is 19.3 Å². The molecule has 0 atom stereocenters. The van der Waals surface area contributed by atoms with Gasteiger partial charge >= 0.3 is 0 Å². The molecule has 1 aliphatic rings. The minimum atomic E-state index is -0.533. The Bertz CT molecular complexity index is 664. The number of fused-ring (bicyclic) bond motifs is 1. The van der Waals surface area contributed by atoms with Crippen LogP contribution >= 0.6 is 11.6 Å². The van der Waals surface area contributed by atoms with E-state index in [4.69, 9.17) is 11.6 Å². The zero-order valence-corrected chi connectivity index (χ0v) is 11.0. The zero-order chi connectivity index (χ0) is 13.4. The Morgan fingerprint density at radius 3 is 2.68 bits per heavy atom. The first kappa shape index (κ1) is 12.4. The summed E-state index contributed by atoms with van der Waals surface area (Å²) >= 11 is 5.82. The van der Waals surface area contributed by atoms with E-state index < -0.39 is 5.82 Å². The summed E-state index contributed by atoms with van der Waals surface area (Å²) in [5, 5.41) is 0.367. The van der Waals surface area contributed by atoms with Crippen molar-refractivity contribution in [1.82, 2.24) is 0 Å². The highest BCUT2D eigenvalue weighted by atomic mass is 35.5. The lowest BCUT2D eigenvalue weighted by Crippen LogP contribution is -2.05. The number of ketones is 1. The lowest BCUT2D eigenvalue weighted by Gasteiger charge is -2.06. The summed E-state index contributed by atoms with van der Waals surface area (Å²) in [7, 11) is 0. The molecule has 1 nitrogen and oxygen atoms in total. The van der Waals surface area contributed by atoms with E-state index >= 15 is 0 Å². The lowest BCUT2D eigenvalue weighted by molar-refractivity contribution is 0.103. The Labute approximate surface area is 116 Å². The number of rotatable bonds is 2. The second kappa shape index (κ2) is 4.78. The normalized spacial score (nSPS) is 13.4. The molecule has 0 unspecified atom stereocenters. The number of aryl methyl sites for hydroxylation is 2. The number of halogens is 2. The Morgan fingerprint density at radius 1 is 1.05 bits per heavy atom. The van der Waals surface area contributed by atoms with Gasteiger partial charge in [-0.15, -0.1) is 0 Å². The van der Waals surface area contributed by atoms with Crippen LogP contribution < -0.4 is 0 Å². The molecule has 0 aromatic heterocycles. The summed E-state index contributed by atoms with van der Waals surface area (Å²) in [4.78, 5) is 12.3. The first-order valence-corrected chi connectivity index (χ1v) is 6.64. The van der Waals surface area contributed by atoms with E-state index in [1.54, 1.807) is 6.07 Å². The molecule has 0 N–H and O–H groups in total. The summed E-state index contributed by atoms with van der Waals surface area (Å²) in [6.45, 7) is 0. The molecule has 0 saturated heterocycles. The van der Waals surface area contributed by atoms with Crippen LogP contribution in [-0.4, -0.2) is 5.78 Å². The number of hydrogen-bond donors (Lipinski definition) is 0. The topological polar surface area (TPSA) is 17.1 Å². The van der Waals surface area contributed by atoms with Gasteiger partial charge in [0.15, 0.2) is 5.78 Å². The minimum Gasteiger partial charge on any atom is -0.288 e. The fraction of sp³-hybridized carbons (Fsp3) is 0.188. The minimum absolute atomic E-state index is 0.0328. The summed E-state index contributed by atoms with van der Waals surface area (Å²) < 4.78 is 13.7. The van der Waals surface area contributed by atoms with Crippen LogP contribution in [0.25, 0.3) is 0 Å². The molecule has 1 aliphatic carbocycles.